The summed E-state index contributed by atoms with van der Waals surface area (Å²) >= 11 is 0. The van der Waals surface area contributed by atoms with Crippen LogP contribution < -0.4 is 0 Å². The van der Waals surface area contributed by atoms with E-state index in [1.807, 2.05) is 30.3 Å². The largest absolute Gasteiger partial charge is 0.460 e. The molecule has 1 saturated carbocycles. The Morgan fingerprint density at radius 3 is 1.87 bits per heavy atom. The van der Waals surface area contributed by atoms with E-state index in [1.54, 1.807) is 31.2 Å². The summed E-state index contributed by atoms with van der Waals surface area (Å²) in [7, 11) is 0. The van der Waals surface area contributed by atoms with Gasteiger partial charge in [-0.3, -0.25) is 4.79 Å². The van der Waals surface area contributed by atoms with Crippen molar-refractivity contribution in [2.75, 3.05) is 6.61 Å². The minimum absolute atomic E-state index is 0.119. The molecule has 1 aliphatic carbocycles. The molecule has 2 atom stereocenters. The Kier molecular flexibility index (Phi) is 5.68. The van der Waals surface area contributed by atoms with Crippen LogP contribution in [0.5, 0.6) is 0 Å². The van der Waals surface area contributed by atoms with Crippen LogP contribution in [0.3, 0.4) is 0 Å². The molecule has 3 aromatic rings. The zero-order valence-electron chi connectivity index (χ0n) is 17.1. The lowest BCUT2D eigenvalue weighted by Gasteiger charge is -2.55. The maximum Gasteiger partial charge on any atom is 0.374 e. The molecule has 0 aromatic heterocycles. The van der Waals surface area contributed by atoms with E-state index >= 15 is 0 Å². The smallest absolute Gasteiger partial charge is 0.374 e. The second-order valence-electron chi connectivity index (χ2n) is 7.77. The average molecular weight is 420 g/mol. The Balaban J connectivity index is 1.88. The highest BCUT2D eigenvalue weighted by molar-refractivity contribution is 6.35. The van der Waals surface area contributed by atoms with Crippen molar-refractivity contribution >= 4 is 11.8 Å². The molecule has 0 unspecified atom stereocenters. The van der Waals surface area contributed by atoms with E-state index in [-0.39, 0.29) is 24.2 Å². The van der Waals surface area contributed by atoms with Crippen LogP contribution in [0.2, 0.25) is 0 Å². The Bertz CT molecular complexity index is 1030. The Labute approximate surface area is 179 Å². The third-order valence-corrected chi connectivity index (χ3v) is 6.17. The molecule has 0 saturated heterocycles. The van der Waals surface area contributed by atoms with Gasteiger partial charge in [0, 0.05) is 17.3 Å². The molecule has 0 bridgehead atoms. The molecular weight excluding hydrogens is 398 g/mol. The van der Waals surface area contributed by atoms with E-state index in [2.05, 4.69) is 0 Å². The van der Waals surface area contributed by atoms with E-state index in [0.717, 1.165) is 16.7 Å². The van der Waals surface area contributed by atoms with Crippen molar-refractivity contribution in [1.29, 1.82) is 0 Å². The van der Waals surface area contributed by atoms with Crippen molar-refractivity contribution in [3.8, 4) is 0 Å². The van der Waals surface area contributed by atoms with Gasteiger partial charge in [-0.2, -0.15) is 0 Å². The number of hydrogen-bond acceptors (Lipinski definition) is 3. The first-order chi connectivity index (χ1) is 15.0. The summed E-state index contributed by atoms with van der Waals surface area (Å²) in [6, 6.07) is 21.7. The summed E-state index contributed by atoms with van der Waals surface area (Å²) in [5.74, 6) is -3.14. The van der Waals surface area contributed by atoms with Crippen molar-refractivity contribution in [1.82, 2.24) is 0 Å². The van der Waals surface area contributed by atoms with Crippen LogP contribution in [-0.2, 0) is 19.7 Å². The molecule has 5 heteroatoms. The molecule has 1 aliphatic rings. The van der Waals surface area contributed by atoms with Crippen molar-refractivity contribution in [2.24, 2.45) is 5.92 Å². The number of benzene rings is 3. The number of ether oxygens (including phenoxy) is 1. The van der Waals surface area contributed by atoms with Gasteiger partial charge in [-0.25, -0.2) is 13.6 Å². The molecule has 0 amide bonds. The molecule has 0 aliphatic heterocycles. The topological polar surface area (TPSA) is 43.4 Å². The Morgan fingerprint density at radius 1 is 0.871 bits per heavy atom. The lowest BCUT2D eigenvalue weighted by atomic mass is 9.46. The lowest BCUT2D eigenvalue weighted by Crippen LogP contribution is -2.54. The highest BCUT2D eigenvalue weighted by Gasteiger charge is 2.59. The summed E-state index contributed by atoms with van der Waals surface area (Å²) in [6.07, 6.45) is 0.335. The minimum atomic E-state index is -0.847. The fourth-order valence-electron chi connectivity index (χ4n) is 4.81. The Morgan fingerprint density at radius 2 is 1.39 bits per heavy atom. The van der Waals surface area contributed by atoms with Crippen molar-refractivity contribution in [3.05, 3.63) is 107 Å². The van der Waals surface area contributed by atoms with Gasteiger partial charge in [-0.05, 0) is 54.3 Å². The maximum atomic E-state index is 13.7. The van der Waals surface area contributed by atoms with Crippen LogP contribution in [0.1, 0.15) is 36.0 Å². The lowest BCUT2D eigenvalue weighted by molar-refractivity contribution is -0.158. The summed E-state index contributed by atoms with van der Waals surface area (Å²) in [6.45, 7) is 1.77. The number of Topliss-reactive ketones (excluding diaryl/α,β-unsaturated/α-hetero) is 1. The van der Waals surface area contributed by atoms with Crippen LogP contribution >= 0.6 is 0 Å². The molecular formula is C26H22F2O3. The van der Waals surface area contributed by atoms with Gasteiger partial charge in [0.2, 0.25) is 5.78 Å². The number of hydrogen-bond donors (Lipinski definition) is 0. The standard InChI is InChI=1S/C26H22F2O3/c1-2-31-25(30)24(29)22-16-26(18-8-12-20(27)13-9-18,19-10-14-21(28)15-11-19)23(22)17-6-4-3-5-7-17/h3-15,22-23H,2,16H2,1H3/t22-,23+/m1/s1. The zero-order chi connectivity index (χ0) is 22.0. The normalized spacial score (nSPS) is 19.3. The molecule has 0 N–H and O–H groups in total. The summed E-state index contributed by atoms with van der Waals surface area (Å²) in [4.78, 5) is 25.2. The fraction of sp³-hybridized carbons (Fsp3) is 0.231. The number of esters is 1. The molecule has 4 rings (SSSR count). The first kappa shape index (κ1) is 20.9. The van der Waals surface area contributed by atoms with Gasteiger partial charge in [-0.15, -0.1) is 0 Å². The third-order valence-electron chi connectivity index (χ3n) is 6.17. The molecule has 0 radical (unpaired) electrons. The molecule has 31 heavy (non-hydrogen) atoms. The van der Waals surface area contributed by atoms with Crippen LogP contribution in [-0.4, -0.2) is 18.4 Å². The van der Waals surface area contributed by atoms with Crippen LogP contribution in [0.4, 0.5) is 8.78 Å². The maximum absolute atomic E-state index is 13.7. The minimum Gasteiger partial charge on any atom is -0.460 e. The van der Waals surface area contributed by atoms with Crippen molar-refractivity contribution in [3.63, 3.8) is 0 Å². The molecule has 3 nitrogen and oxygen atoms in total. The number of halogens is 2. The second kappa shape index (κ2) is 8.42. The van der Waals surface area contributed by atoms with Crippen LogP contribution in [0.15, 0.2) is 78.9 Å². The number of ketones is 1. The predicted octanol–water partition coefficient (Wildman–Crippen LogP) is 5.19. The van der Waals surface area contributed by atoms with Crippen molar-refractivity contribution < 1.29 is 23.1 Å². The summed E-state index contributed by atoms with van der Waals surface area (Å²) < 4.78 is 32.4. The number of rotatable bonds is 6. The third kappa shape index (κ3) is 3.65. The first-order valence-electron chi connectivity index (χ1n) is 10.3. The van der Waals surface area contributed by atoms with Gasteiger partial charge in [0.1, 0.15) is 11.6 Å². The van der Waals surface area contributed by atoms with Crippen LogP contribution in [0.25, 0.3) is 0 Å². The van der Waals surface area contributed by atoms with Crippen LogP contribution in [0, 0.1) is 17.6 Å². The molecule has 158 valence electrons. The quantitative estimate of drug-likeness (QED) is 0.407. The van der Waals surface area contributed by atoms with Gasteiger partial charge in [0.15, 0.2) is 0 Å². The second-order valence-corrected chi connectivity index (χ2v) is 7.77. The average Bonchev–Trinajstić information content (AvgIpc) is 2.76. The van der Waals surface area contributed by atoms with Crippen molar-refractivity contribution in [2.45, 2.75) is 24.7 Å². The molecule has 0 spiro atoms. The van der Waals surface area contributed by atoms with Gasteiger partial charge in [0.05, 0.1) is 6.61 Å². The van der Waals surface area contributed by atoms with Gasteiger partial charge < -0.3 is 4.74 Å². The molecule has 1 fully saturated rings. The summed E-state index contributed by atoms with van der Waals surface area (Å²) in [5.41, 5.74) is 1.78. The highest BCUT2D eigenvalue weighted by atomic mass is 19.1. The van der Waals surface area contributed by atoms with E-state index in [4.69, 9.17) is 4.74 Å². The molecule has 3 aromatic carbocycles. The van der Waals surface area contributed by atoms with Gasteiger partial charge >= 0.3 is 5.97 Å². The van der Waals surface area contributed by atoms with Gasteiger partial charge in [-0.1, -0.05) is 54.6 Å². The SMILES string of the molecule is CCOC(=O)C(=O)[C@@H]1CC(c2ccc(F)cc2)(c2ccc(F)cc2)[C@H]1c1ccccc1. The first-order valence-corrected chi connectivity index (χ1v) is 10.3. The fourth-order valence-corrected chi connectivity index (χ4v) is 4.81. The number of carbonyl (C=O) groups is 2. The Hall–Kier alpha value is -3.34. The van der Waals surface area contributed by atoms with E-state index in [1.165, 1.54) is 24.3 Å². The van der Waals surface area contributed by atoms with E-state index < -0.39 is 23.1 Å². The summed E-state index contributed by atoms with van der Waals surface area (Å²) in [5, 5.41) is 0. The monoisotopic (exact) mass is 420 g/mol. The predicted molar refractivity (Wildman–Crippen MR) is 113 cm³/mol. The zero-order valence-corrected chi connectivity index (χ0v) is 17.1. The van der Waals surface area contributed by atoms with E-state index in [9.17, 15) is 18.4 Å². The highest BCUT2D eigenvalue weighted by Crippen LogP contribution is 2.62. The number of carbonyl (C=O) groups excluding carboxylic acids is 2. The van der Waals surface area contributed by atoms with E-state index in [0.29, 0.717) is 6.42 Å². The molecule has 0 heterocycles. The van der Waals surface area contributed by atoms with Gasteiger partial charge in [0.25, 0.3) is 0 Å².